The highest BCUT2D eigenvalue weighted by molar-refractivity contribution is 5.65. The zero-order valence-corrected chi connectivity index (χ0v) is 14.6. The van der Waals surface area contributed by atoms with Crippen molar-refractivity contribution in [2.75, 3.05) is 0 Å². The predicted molar refractivity (Wildman–Crippen MR) is 99.4 cm³/mol. The van der Waals surface area contributed by atoms with Crippen molar-refractivity contribution >= 4 is 18.3 Å². The fourth-order valence-electron chi connectivity index (χ4n) is 1.96. The van der Waals surface area contributed by atoms with Crippen molar-refractivity contribution in [1.29, 1.82) is 0 Å². The zero-order valence-electron chi connectivity index (χ0n) is 14.6. The van der Waals surface area contributed by atoms with Gasteiger partial charge in [0, 0.05) is 0 Å². The summed E-state index contributed by atoms with van der Waals surface area (Å²) in [5.41, 5.74) is 1.19. The highest BCUT2D eigenvalue weighted by Gasteiger charge is 2.17. The van der Waals surface area contributed by atoms with Gasteiger partial charge in [0.25, 0.3) is 0 Å². The molecule has 0 aliphatic heterocycles. The second-order valence-electron chi connectivity index (χ2n) is 6.45. The molecule has 0 aromatic heterocycles. The molecule has 1 N–H and O–H groups in total. The molecule has 4 heteroatoms. The first-order valence-electron chi connectivity index (χ1n) is 7.96. The van der Waals surface area contributed by atoms with Gasteiger partial charge in [-0.1, -0.05) is 48.5 Å². The summed E-state index contributed by atoms with van der Waals surface area (Å²) in [4.78, 5) is 11.6. The SMILES string of the molecule is CC(C)(C)OC(=O)Oc1ccc(C=CC(O)=Cc2ccccc2)cc1. The maximum atomic E-state index is 11.6. The molecule has 130 valence electrons. The van der Waals surface area contributed by atoms with Crippen LogP contribution < -0.4 is 4.74 Å². The van der Waals surface area contributed by atoms with E-state index in [0.717, 1.165) is 11.1 Å². The van der Waals surface area contributed by atoms with Gasteiger partial charge in [0.15, 0.2) is 0 Å². The van der Waals surface area contributed by atoms with Crippen LogP contribution in [0.1, 0.15) is 31.9 Å². The van der Waals surface area contributed by atoms with Crippen molar-refractivity contribution in [3.63, 3.8) is 0 Å². The average Bonchev–Trinajstić information content (AvgIpc) is 2.53. The molecule has 2 aromatic carbocycles. The lowest BCUT2D eigenvalue weighted by Gasteiger charge is -2.18. The minimum atomic E-state index is -0.737. The Bertz CT molecular complexity index is 751. The molecule has 0 unspecified atom stereocenters. The minimum Gasteiger partial charge on any atom is -0.508 e. The lowest BCUT2D eigenvalue weighted by Crippen LogP contribution is -2.25. The second-order valence-corrected chi connectivity index (χ2v) is 6.45. The van der Waals surface area contributed by atoms with Crippen molar-refractivity contribution in [3.8, 4) is 5.75 Å². The summed E-state index contributed by atoms with van der Waals surface area (Å²) in [6, 6.07) is 16.5. The lowest BCUT2D eigenvalue weighted by atomic mass is 10.1. The van der Waals surface area contributed by atoms with Gasteiger partial charge in [-0.2, -0.15) is 0 Å². The first-order valence-corrected chi connectivity index (χ1v) is 7.96. The summed E-state index contributed by atoms with van der Waals surface area (Å²) < 4.78 is 10.2. The Morgan fingerprint density at radius 3 is 2.20 bits per heavy atom. The Morgan fingerprint density at radius 2 is 1.60 bits per heavy atom. The smallest absolute Gasteiger partial charge is 0.508 e. The average molecular weight is 338 g/mol. The molecule has 25 heavy (non-hydrogen) atoms. The van der Waals surface area contributed by atoms with E-state index in [-0.39, 0.29) is 5.76 Å². The summed E-state index contributed by atoms with van der Waals surface area (Å²) in [5, 5.41) is 9.93. The maximum absolute atomic E-state index is 11.6. The standard InChI is InChI=1S/C21H22O4/c1-21(2,3)25-20(23)24-19-13-10-16(11-14-19)9-12-18(22)15-17-7-5-4-6-8-17/h4-15,22H,1-3H3. The predicted octanol–water partition coefficient (Wildman–Crippen LogP) is 5.61. The Balaban J connectivity index is 1.96. The molecule has 0 aliphatic rings. The van der Waals surface area contributed by atoms with E-state index in [1.165, 1.54) is 0 Å². The van der Waals surface area contributed by atoms with E-state index in [4.69, 9.17) is 9.47 Å². The lowest BCUT2D eigenvalue weighted by molar-refractivity contribution is 0.0206. The van der Waals surface area contributed by atoms with Gasteiger partial charge in [-0.15, -0.1) is 0 Å². The van der Waals surface area contributed by atoms with Gasteiger partial charge in [0.1, 0.15) is 17.1 Å². The molecule has 2 aromatic rings. The molecule has 0 aliphatic carbocycles. The molecule has 0 heterocycles. The third-order valence-electron chi connectivity index (χ3n) is 3.03. The van der Waals surface area contributed by atoms with Gasteiger partial charge >= 0.3 is 6.16 Å². The number of aliphatic hydroxyl groups excluding tert-OH is 1. The van der Waals surface area contributed by atoms with Gasteiger partial charge in [-0.25, -0.2) is 4.79 Å². The molecule has 0 saturated carbocycles. The molecular weight excluding hydrogens is 316 g/mol. The van der Waals surface area contributed by atoms with Crippen LogP contribution in [0.15, 0.2) is 66.4 Å². The van der Waals surface area contributed by atoms with Gasteiger partial charge in [-0.3, -0.25) is 0 Å². The van der Waals surface area contributed by atoms with E-state index in [0.29, 0.717) is 5.75 Å². The number of rotatable bonds is 4. The normalized spacial score (nSPS) is 12.2. The van der Waals surface area contributed by atoms with Crippen molar-refractivity contribution in [2.24, 2.45) is 0 Å². The molecule has 2 rings (SSSR count). The van der Waals surface area contributed by atoms with Crippen LogP contribution >= 0.6 is 0 Å². The molecule has 0 saturated heterocycles. The fourth-order valence-corrected chi connectivity index (χ4v) is 1.96. The van der Waals surface area contributed by atoms with Gasteiger partial charge in [0.2, 0.25) is 0 Å². The number of carbonyl (C=O) groups is 1. The van der Waals surface area contributed by atoms with E-state index < -0.39 is 11.8 Å². The zero-order chi connectivity index (χ0) is 18.3. The van der Waals surface area contributed by atoms with Crippen molar-refractivity contribution < 1.29 is 19.4 Å². The molecule has 0 bridgehead atoms. The summed E-state index contributed by atoms with van der Waals surface area (Å²) in [6.07, 6.45) is 4.32. The van der Waals surface area contributed by atoms with Gasteiger partial charge in [0.05, 0.1) is 0 Å². The number of allylic oxidation sites excluding steroid dienone is 1. The first kappa shape index (κ1) is 18.3. The second kappa shape index (κ2) is 8.20. The van der Waals surface area contributed by atoms with Gasteiger partial charge in [-0.05, 0) is 56.2 Å². The number of aliphatic hydroxyl groups is 1. The number of carbonyl (C=O) groups excluding carboxylic acids is 1. The molecule has 4 nitrogen and oxygen atoms in total. The third kappa shape index (κ3) is 6.96. The van der Waals surface area contributed by atoms with Crippen LogP contribution in [0.25, 0.3) is 12.2 Å². The highest BCUT2D eigenvalue weighted by Crippen LogP contribution is 2.16. The Labute approximate surface area is 148 Å². The summed E-state index contributed by atoms with van der Waals surface area (Å²) in [5.74, 6) is 0.552. The number of hydrogen-bond acceptors (Lipinski definition) is 4. The van der Waals surface area contributed by atoms with Crippen LogP contribution in [0.2, 0.25) is 0 Å². The van der Waals surface area contributed by atoms with E-state index in [9.17, 15) is 9.90 Å². The summed E-state index contributed by atoms with van der Waals surface area (Å²) in [6.45, 7) is 5.33. The highest BCUT2D eigenvalue weighted by atomic mass is 16.7. The van der Waals surface area contributed by atoms with Crippen LogP contribution in [-0.4, -0.2) is 16.9 Å². The van der Waals surface area contributed by atoms with Crippen LogP contribution in [0.3, 0.4) is 0 Å². The number of ether oxygens (including phenoxy) is 2. The Hall–Kier alpha value is -3.01. The van der Waals surface area contributed by atoms with Crippen LogP contribution in [0.4, 0.5) is 4.79 Å². The molecular formula is C21H22O4. The van der Waals surface area contributed by atoms with Crippen molar-refractivity contribution in [1.82, 2.24) is 0 Å². The number of benzene rings is 2. The summed E-state index contributed by atoms with van der Waals surface area (Å²) in [7, 11) is 0. The van der Waals surface area contributed by atoms with Crippen LogP contribution in [0.5, 0.6) is 5.75 Å². The van der Waals surface area contributed by atoms with E-state index in [2.05, 4.69) is 0 Å². The molecule has 0 spiro atoms. The molecule has 0 atom stereocenters. The van der Waals surface area contributed by atoms with E-state index >= 15 is 0 Å². The first-order chi connectivity index (χ1) is 11.8. The molecule has 0 fully saturated rings. The van der Waals surface area contributed by atoms with Crippen molar-refractivity contribution in [2.45, 2.75) is 26.4 Å². The van der Waals surface area contributed by atoms with E-state index in [1.54, 1.807) is 63.3 Å². The third-order valence-corrected chi connectivity index (χ3v) is 3.03. The number of hydrogen-bond donors (Lipinski definition) is 1. The minimum absolute atomic E-state index is 0.153. The van der Waals surface area contributed by atoms with Crippen LogP contribution in [0, 0.1) is 0 Å². The monoisotopic (exact) mass is 338 g/mol. The Kier molecular flexibility index (Phi) is 6.01. The molecule has 0 radical (unpaired) electrons. The summed E-state index contributed by atoms with van der Waals surface area (Å²) >= 11 is 0. The van der Waals surface area contributed by atoms with Crippen molar-refractivity contribution in [3.05, 3.63) is 77.6 Å². The Morgan fingerprint density at radius 1 is 0.960 bits per heavy atom. The largest absolute Gasteiger partial charge is 0.514 e. The maximum Gasteiger partial charge on any atom is 0.514 e. The van der Waals surface area contributed by atoms with E-state index in [1.807, 2.05) is 30.3 Å². The quantitative estimate of drug-likeness (QED) is 0.340. The molecule has 0 amide bonds. The fraction of sp³-hybridized carbons (Fsp3) is 0.190. The van der Waals surface area contributed by atoms with Crippen LogP contribution in [-0.2, 0) is 4.74 Å². The topological polar surface area (TPSA) is 55.8 Å². The van der Waals surface area contributed by atoms with Gasteiger partial charge < -0.3 is 14.6 Å².